The molecule has 1 saturated carbocycles. The van der Waals surface area contributed by atoms with E-state index >= 15 is 0 Å². The normalized spacial score (nSPS) is 16.7. The second-order valence-electron chi connectivity index (χ2n) is 6.21. The number of nitrogens with one attached hydrogen (secondary N) is 2. The summed E-state index contributed by atoms with van der Waals surface area (Å²) in [5, 5.41) is 2.61. The van der Waals surface area contributed by atoms with Gasteiger partial charge in [0.25, 0.3) is 15.9 Å². The van der Waals surface area contributed by atoms with Crippen molar-refractivity contribution in [2.75, 3.05) is 7.11 Å². The Labute approximate surface area is 148 Å². The Balaban J connectivity index is 1.98. The van der Waals surface area contributed by atoms with Crippen molar-refractivity contribution in [3.05, 3.63) is 24.3 Å². The maximum Gasteiger partial charge on any atom is 0.264 e. The SMILES string of the molecule is COc1cccc(S(=O)(=O)NC(=O)C(C)NC(=O)C2CCCCC2)c1. The standard InChI is InChI=1S/C17H24N2O5S/c1-12(18-17(21)13-7-4-3-5-8-13)16(20)19-25(22,23)15-10-6-9-14(11-15)24-2/h6,9-13H,3-5,7-8H2,1-2H3,(H,18,21)(H,19,20). The summed E-state index contributed by atoms with van der Waals surface area (Å²) < 4.78 is 31.6. The lowest BCUT2D eigenvalue weighted by Crippen LogP contribution is -2.48. The first-order valence-electron chi connectivity index (χ1n) is 8.34. The van der Waals surface area contributed by atoms with Crippen LogP contribution in [0.1, 0.15) is 39.0 Å². The van der Waals surface area contributed by atoms with Crippen LogP contribution in [0.2, 0.25) is 0 Å². The second kappa shape index (κ2) is 8.33. The molecule has 1 fully saturated rings. The van der Waals surface area contributed by atoms with E-state index < -0.39 is 22.0 Å². The Morgan fingerprint density at radius 1 is 1.20 bits per heavy atom. The van der Waals surface area contributed by atoms with Gasteiger partial charge in [-0.3, -0.25) is 9.59 Å². The van der Waals surface area contributed by atoms with E-state index in [1.54, 1.807) is 6.07 Å². The van der Waals surface area contributed by atoms with Gasteiger partial charge in [0.2, 0.25) is 5.91 Å². The lowest BCUT2D eigenvalue weighted by atomic mass is 9.88. The van der Waals surface area contributed by atoms with Gasteiger partial charge in [0.1, 0.15) is 11.8 Å². The van der Waals surface area contributed by atoms with Crippen molar-refractivity contribution in [1.82, 2.24) is 10.0 Å². The number of ether oxygens (including phenoxy) is 1. The molecule has 1 atom stereocenters. The zero-order valence-electron chi connectivity index (χ0n) is 14.4. The van der Waals surface area contributed by atoms with Crippen LogP contribution >= 0.6 is 0 Å². The molecule has 1 aromatic rings. The number of hydrogen-bond donors (Lipinski definition) is 2. The number of rotatable bonds is 6. The molecule has 138 valence electrons. The minimum absolute atomic E-state index is 0.0778. The van der Waals surface area contributed by atoms with Crippen LogP contribution in [0.3, 0.4) is 0 Å². The minimum Gasteiger partial charge on any atom is -0.497 e. The van der Waals surface area contributed by atoms with Gasteiger partial charge < -0.3 is 10.1 Å². The molecule has 0 saturated heterocycles. The first kappa shape index (κ1) is 19.2. The molecule has 0 radical (unpaired) electrons. The Kier molecular flexibility index (Phi) is 6.41. The van der Waals surface area contributed by atoms with Gasteiger partial charge in [-0.15, -0.1) is 0 Å². The molecule has 1 aromatic carbocycles. The van der Waals surface area contributed by atoms with Gasteiger partial charge in [0.05, 0.1) is 12.0 Å². The molecule has 1 aliphatic carbocycles. The maximum atomic E-state index is 12.3. The third-order valence-corrected chi connectivity index (χ3v) is 5.66. The summed E-state index contributed by atoms with van der Waals surface area (Å²) in [5.41, 5.74) is 0. The van der Waals surface area contributed by atoms with Gasteiger partial charge in [-0.2, -0.15) is 0 Å². The average molecular weight is 368 g/mol. The maximum absolute atomic E-state index is 12.3. The molecule has 2 rings (SSSR count). The van der Waals surface area contributed by atoms with E-state index in [1.165, 1.54) is 32.2 Å². The van der Waals surface area contributed by atoms with Gasteiger partial charge in [-0.05, 0) is 31.9 Å². The van der Waals surface area contributed by atoms with E-state index in [-0.39, 0.29) is 16.7 Å². The van der Waals surface area contributed by atoms with Crippen LogP contribution in [0.15, 0.2) is 29.2 Å². The Hall–Kier alpha value is -2.09. The minimum atomic E-state index is -4.03. The molecule has 2 N–H and O–H groups in total. The fourth-order valence-electron chi connectivity index (χ4n) is 2.81. The van der Waals surface area contributed by atoms with Crippen LogP contribution < -0.4 is 14.8 Å². The van der Waals surface area contributed by atoms with Crippen molar-refractivity contribution in [3.63, 3.8) is 0 Å². The summed E-state index contributed by atoms with van der Waals surface area (Å²) >= 11 is 0. The van der Waals surface area contributed by atoms with Crippen molar-refractivity contribution in [1.29, 1.82) is 0 Å². The van der Waals surface area contributed by atoms with Crippen LogP contribution in [0.5, 0.6) is 5.75 Å². The quantitative estimate of drug-likeness (QED) is 0.794. The van der Waals surface area contributed by atoms with E-state index in [4.69, 9.17) is 4.74 Å². The Morgan fingerprint density at radius 3 is 2.52 bits per heavy atom. The van der Waals surface area contributed by atoms with E-state index in [0.29, 0.717) is 5.75 Å². The molecule has 0 bridgehead atoms. The third-order valence-electron chi connectivity index (χ3n) is 4.31. The number of benzene rings is 1. The topological polar surface area (TPSA) is 102 Å². The monoisotopic (exact) mass is 368 g/mol. The van der Waals surface area contributed by atoms with E-state index in [0.717, 1.165) is 32.1 Å². The van der Waals surface area contributed by atoms with Gasteiger partial charge in [0, 0.05) is 12.0 Å². The first-order valence-corrected chi connectivity index (χ1v) is 9.83. The largest absolute Gasteiger partial charge is 0.497 e. The molecule has 1 aliphatic rings. The predicted molar refractivity (Wildman–Crippen MR) is 92.5 cm³/mol. The van der Waals surface area contributed by atoms with Crippen molar-refractivity contribution >= 4 is 21.8 Å². The van der Waals surface area contributed by atoms with E-state index in [2.05, 4.69) is 5.32 Å². The van der Waals surface area contributed by atoms with Crippen LogP contribution in [0, 0.1) is 5.92 Å². The van der Waals surface area contributed by atoms with Crippen molar-refractivity contribution in [3.8, 4) is 5.75 Å². The fraction of sp³-hybridized carbons (Fsp3) is 0.529. The van der Waals surface area contributed by atoms with Crippen molar-refractivity contribution in [2.45, 2.75) is 50.0 Å². The number of sulfonamides is 1. The highest BCUT2D eigenvalue weighted by Gasteiger charge is 2.26. The lowest BCUT2D eigenvalue weighted by Gasteiger charge is -2.22. The first-order chi connectivity index (χ1) is 11.8. The smallest absolute Gasteiger partial charge is 0.264 e. The highest BCUT2D eigenvalue weighted by atomic mass is 32.2. The van der Waals surface area contributed by atoms with E-state index in [9.17, 15) is 18.0 Å². The van der Waals surface area contributed by atoms with Gasteiger partial charge in [-0.1, -0.05) is 25.3 Å². The zero-order valence-corrected chi connectivity index (χ0v) is 15.3. The molecule has 0 aromatic heterocycles. The molecule has 8 heteroatoms. The van der Waals surface area contributed by atoms with Crippen LogP contribution in [-0.4, -0.2) is 33.4 Å². The molecule has 1 unspecified atom stereocenters. The number of amides is 2. The molecule has 0 aliphatic heterocycles. The highest BCUT2D eigenvalue weighted by molar-refractivity contribution is 7.90. The Bertz CT molecular complexity index is 726. The van der Waals surface area contributed by atoms with Gasteiger partial charge >= 0.3 is 0 Å². The van der Waals surface area contributed by atoms with Crippen molar-refractivity contribution in [2.24, 2.45) is 5.92 Å². The molecule has 0 spiro atoms. The molecule has 2 amide bonds. The molecular weight excluding hydrogens is 344 g/mol. The number of carbonyl (C=O) groups excluding carboxylic acids is 2. The van der Waals surface area contributed by atoms with E-state index in [1.807, 2.05) is 4.72 Å². The molecule has 0 heterocycles. The van der Waals surface area contributed by atoms with Crippen LogP contribution in [0.25, 0.3) is 0 Å². The average Bonchev–Trinajstić information content (AvgIpc) is 2.62. The Morgan fingerprint density at radius 2 is 1.88 bits per heavy atom. The van der Waals surface area contributed by atoms with Gasteiger partial charge in [-0.25, -0.2) is 13.1 Å². The zero-order chi connectivity index (χ0) is 18.4. The second-order valence-corrected chi connectivity index (χ2v) is 7.90. The third kappa shape index (κ3) is 5.19. The van der Waals surface area contributed by atoms with Crippen LogP contribution in [-0.2, 0) is 19.6 Å². The number of methoxy groups -OCH3 is 1. The fourth-order valence-corrected chi connectivity index (χ4v) is 3.90. The van der Waals surface area contributed by atoms with Gasteiger partial charge in [0.15, 0.2) is 0 Å². The number of hydrogen-bond acceptors (Lipinski definition) is 5. The lowest BCUT2D eigenvalue weighted by molar-refractivity contribution is -0.130. The summed E-state index contributed by atoms with van der Waals surface area (Å²) in [6, 6.07) is 4.87. The molecular formula is C17H24N2O5S. The molecule has 7 nitrogen and oxygen atoms in total. The number of carbonyl (C=O) groups is 2. The summed E-state index contributed by atoms with van der Waals surface area (Å²) in [6.07, 6.45) is 4.74. The summed E-state index contributed by atoms with van der Waals surface area (Å²) in [5.74, 6) is -0.693. The molecule has 25 heavy (non-hydrogen) atoms. The summed E-state index contributed by atoms with van der Waals surface area (Å²) in [6.45, 7) is 1.47. The summed E-state index contributed by atoms with van der Waals surface area (Å²) in [7, 11) is -2.60. The highest BCUT2D eigenvalue weighted by Crippen LogP contribution is 2.23. The van der Waals surface area contributed by atoms with Crippen molar-refractivity contribution < 1.29 is 22.7 Å². The van der Waals surface area contributed by atoms with Crippen LogP contribution in [0.4, 0.5) is 0 Å². The summed E-state index contributed by atoms with van der Waals surface area (Å²) in [4.78, 5) is 24.3. The predicted octanol–water partition coefficient (Wildman–Crippen LogP) is 1.59.